The van der Waals surface area contributed by atoms with Crippen molar-refractivity contribution in [2.45, 2.75) is 50.4 Å². The molecule has 6 nitrogen and oxygen atoms in total. The zero-order valence-electron chi connectivity index (χ0n) is 15.7. The number of carbonyl (C=O) groups is 1. The van der Waals surface area contributed by atoms with Crippen LogP contribution in [-0.4, -0.2) is 44.8 Å². The molecule has 0 saturated heterocycles. The van der Waals surface area contributed by atoms with Gasteiger partial charge in [0.2, 0.25) is 11.1 Å². The summed E-state index contributed by atoms with van der Waals surface area (Å²) in [4.78, 5) is 18.7. The molecule has 1 aromatic heterocycles. The summed E-state index contributed by atoms with van der Waals surface area (Å²) in [5.41, 5.74) is 0. The number of hydrogen-bond donors (Lipinski definition) is 1. The molecule has 1 fully saturated rings. The minimum Gasteiger partial charge on any atom is -0.486 e. The quantitative estimate of drug-likeness (QED) is 0.696. The Labute approximate surface area is 169 Å². The molecule has 1 aliphatic carbocycles. The van der Waals surface area contributed by atoms with Crippen molar-refractivity contribution >= 4 is 29.3 Å². The van der Waals surface area contributed by atoms with Gasteiger partial charge in [0, 0.05) is 18.1 Å². The van der Waals surface area contributed by atoms with Crippen molar-refractivity contribution in [1.29, 1.82) is 0 Å². The number of thioether (sulfide) groups is 1. The van der Waals surface area contributed by atoms with Gasteiger partial charge in [-0.15, -0.1) is 5.10 Å². The molecule has 1 amide bonds. The van der Waals surface area contributed by atoms with Gasteiger partial charge < -0.3 is 9.64 Å². The Morgan fingerprint density at radius 3 is 2.70 bits per heavy atom. The summed E-state index contributed by atoms with van der Waals surface area (Å²) in [5.74, 6) is 2.58. The predicted octanol–water partition coefficient (Wildman–Crippen LogP) is 4.17. The molecule has 0 spiro atoms. The maximum Gasteiger partial charge on any atom is 0.233 e. The molecular weight excluding hydrogens is 384 g/mol. The minimum absolute atomic E-state index is 0.128. The molecule has 1 saturated carbocycles. The molecule has 1 N–H and O–H groups in total. The van der Waals surface area contributed by atoms with E-state index in [4.69, 9.17) is 16.3 Å². The Morgan fingerprint density at radius 1 is 1.30 bits per heavy atom. The first-order valence-corrected chi connectivity index (χ1v) is 10.6. The van der Waals surface area contributed by atoms with E-state index in [0.29, 0.717) is 33.5 Å². The molecule has 1 heterocycles. The van der Waals surface area contributed by atoms with Gasteiger partial charge in [0.25, 0.3) is 0 Å². The van der Waals surface area contributed by atoms with Crippen LogP contribution in [-0.2, 0) is 11.4 Å². The maximum atomic E-state index is 12.4. The van der Waals surface area contributed by atoms with E-state index in [9.17, 15) is 4.79 Å². The molecule has 0 unspecified atom stereocenters. The van der Waals surface area contributed by atoms with Crippen molar-refractivity contribution in [1.82, 2.24) is 20.1 Å². The Kier molecular flexibility index (Phi) is 7.01. The fourth-order valence-electron chi connectivity index (χ4n) is 3.15. The van der Waals surface area contributed by atoms with E-state index in [0.717, 1.165) is 18.8 Å². The molecule has 0 bridgehead atoms. The third-order valence-corrected chi connectivity index (χ3v) is 6.04. The summed E-state index contributed by atoms with van der Waals surface area (Å²) in [5, 5.41) is 8.23. The molecule has 0 radical (unpaired) electrons. The lowest BCUT2D eigenvalue weighted by Gasteiger charge is -2.33. The first kappa shape index (κ1) is 20.0. The molecule has 2 aromatic rings. The van der Waals surface area contributed by atoms with Gasteiger partial charge in [-0.2, -0.15) is 0 Å². The zero-order chi connectivity index (χ0) is 19.2. The predicted molar refractivity (Wildman–Crippen MR) is 107 cm³/mol. The van der Waals surface area contributed by atoms with Crippen molar-refractivity contribution in [3.05, 3.63) is 35.1 Å². The topological polar surface area (TPSA) is 71.1 Å². The summed E-state index contributed by atoms with van der Waals surface area (Å²) in [7, 11) is 1.91. The Hall–Kier alpha value is -1.73. The number of benzene rings is 1. The number of amides is 1. The second-order valence-corrected chi connectivity index (χ2v) is 8.39. The number of nitrogens with one attached hydrogen (secondary N) is 1. The summed E-state index contributed by atoms with van der Waals surface area (Å²) >= 11 is 7.20. The second kappa shape index (κ2) is 9.46. The van der Waals surface area contributed by atoms with Crippen molar-refractivity contribution in [3.63, 3.8) is 0 Å². The molecule has 0 aliphatic heterocycles. The Morgan fingerprint density at radius 2 is 2.00 bits per heavy atom. The smallest absolute Gasteiger partial charge is 0.233 e. The normalized spacial score (nSPS) is 19.7. The fourth-order valence-corrected chi connectivity index (χ4v) is 4.02. The van der Waals surface area contributed by atoms with Crippen LogP contribution in [0.2, 0.25) is 5.02 Å². The fraction of sp³-hybridized carbons (Fsp3) is 0.526. The number of nitrogens with zero attached hydrogens (tertiary/aromatic N) is 3. The van der Waals surface area contributed by atoms with Gasteiger partial charge in [-0.05, 0) is 55.9 Å². The van der Waals surface area contributed by atoms with Gasteiger partial charge in [0.1, 0.15) is 12.4 Å². The van der Waals surface area contributed by atoms with Crippen LogP contribution in [0.3, 0.4) is 0 Å². The molecule has 8 heteroatoms. The number of rotatable bonds is 7. The standard InChI is InChI=1S/C19H25ClN4O2S/c1-13-3-7-15(8-4-13)24(2)18(25)12-27-19-21-17(22-23-19)11-26-16-9-5-14(20)6-10-16/h5-6,9-10,13,15H,3-4,7-8,11-12H2,1-2H3,(H,21,22,23). The van der Waals surface area contributed by atoms with E-state index >= 15 is 0 Å². The molecule has 0 atom stereocenters. The van der Waals surface area contributed by atoms with E-state index in [-0.39, 0.29) is 12.5 Å². The Bertz CT molecular complexity index is 744. The van der Waals surface area contributed by atoms with Crippen LogP contribution in [0.4, 0.5) is 0 Å². The van der Waals surface area contributed by atoms with Gasteiger partial charge in [-0.1, -0.05) is 30.3 Å². The van der Waals surface area contributed by atoms with Gasteiger partial charge >= 0.3 is 0 Å². The highest BCUT2D eigenvalue weighted by atomic mass is 35.5. The maximum absolute atomic E-state index is 12.4. The number of H-pyrrole nitrogens is 1. The van der Waals surface area contributed by atoms with Gasteiger partial charge in [0.15, 0.2) is 5.82 Å². The number of carbonyl (C=O) groups excluding carboxylic acids is 1. The van der Waals surface area contributed by atoms with E-state index in [1.54, 1.807) is 24.3 Å². The largest absolute Gasteiger partial charge is 0.486 e. The highest BCUT2D eigenvalue weighted by Gasteiger charge is 2.24. The number of ether oxygens (including phenoxy) is 1. The van der Waals surface area contributed by atoms with E-state index in [2.05, 4.69) is 22.1 Å². The van der Waals surface area contributed by atoms with E-state index < -0.39 is 0 Å². The second-order valence-electron chi connectivity index (χ2n) is 7.01. The van der Waals surface area contributed by atoms with Crippen LogP contribution in [0.15, 0.2) is 29.4 Å². The highest BCUT2D eigenvalue weighted by Crippen LogP contribution is 2.27. The number of hydrogen-bond acceptors (Lipinski definition) is 5. The lowest BCUT2D eigenvalue weighted by atomic mass is 9.87. The Balaban J connectivity index is 1.43. The summed E-state index contributed by atoms with van der Waals surface area (Å²) in [6.07, 6.45) is 4.60. The van der Waals surface area contributed by atoms with Crippen LogP contribution < -0.4 is 4.74 Å². The number of aromatic nitrogens is 3. The van der Waals surface area contributed by atoms with Gasteiger partial charge in [-0.25, -0.2) is 4.98 Å². The van der Waals surface area contributed by atoms with Gasteiger partial charge in [-0.3, -0.25) is 9.89 Å². The average Bonchev–Trinajstić information content (AvgIpc) is 3.13. The number of aromatic amines is 1. The van der Waals surface area contributed by atoms with Crippen LogP contribution in [0.25, 0.3) is 0 Å². The zero-order valence-corrected chi connectivity index (χ0v) is 17.2. The minimum atomic E-state index is 0.128. The third kappa shape index (κ3) is 5.87. The summed E-state index contributed by atoms with van der Waals surface area (Å²) in [6, 6.07) is 7.51. The first-order valence-electron chi connectivity index (χ1n) is 9.19. The molecular formula is C19H25ClN4O2S. The van der Waals surface area contributed by atoms with Crippen molar-refractivity contribution < 1.29 is 9.53 Å². The van der Waals surface area contributed by atoms with Gasteiger partial charge in [0.05, 0.1) is 5.75 Å². The highest BCUT2D eigenvalue weighted by molar-refractivity contribution is 7.99. The molecule has 27 heavy (non-hydrogen) atoms. The monoisotopic (exact) mass is 408 g/mol. The van der Waals surface area contributed by atoms with E-state index in [1.807, 2.05) is 11.9 Å². The molecule has 1 aliphatic rings. The summed E-state index contributed by atoms with van der Waals surface area (Å²) in [6.45, 7) is 2.56. The lowest BCUT2D eigenvalue weighted by Crippen LogP contribution is -2.40. The van der Waals surface area contributed by atoms with E-state index in [1.165, 1.54) is 24.6 Å². The van der Waals surface area contributed by atoms with Crippen molar-refractivity contribution in [2.24, 2.45) is 5.92 Å². The summed E-state index contributed by atoms with van der Waals surface area (Å²) < 4.78 is 5.64. The molecule has 1 aromatic carbocycles. The SMILES string of the molecule is CC1CCC(N(C)C(=O)CSc2n[nH]c(COc3ccc(Cl)cc3)n2)CC1. The molecule has 3 rings (SSSR count). The number of halogens is 1. The average molecular weight is 409 g/mol. The van der Waals surface area contributed by atoms with Crippen LogP contribution in [0.1, 0.15) is 38.4 Å². The van der Waals surface area contributed by atoms with Crippen LogP contribution in [0.5, 0.6) is 5.75 Å². The lowest BCUT2D eigenvalue weighted by molar-refractivity contribution is -0.129. The van der Waals surface area contributed by atoms with Crippen molar-refractivity contribution in [2.75, 3.05) is 12.8 Å². The van der Waals surface area contributed by atoms with Crippen molar-refractivity contribution in [3.8, 4) is 5.75 Å². The van der Waals surface area contributed by atoms with Crippen LogP contribution >= 0.6 is 23.4 Å². The third-order valence-electron chi connectivity index (χ3n) is 4.95. The molecule has 146 valence electrons. The van der Waals surface area contributed by atoms with Crippen LogP contribution in [0, 0.1) is 5.92 Å². The first-order chi connectivity index (χ1) is 13.0.